The van der Waals surface area contributed by atoms with Gasteiger partial charge in [0.15, 0.2) is 0 Å². The van der Waals surface area contributed by atoms with E-state index in [0.717, 1.165) is 24.6 Å². The summed E-state index contributed by atoms with van der Waals surface area (Å²) in [5.41, 5.74) is 1.11. The van der Waals surface area contributed by atoms with Gasteiger partial charge in [0.2, 0.25) is 5.91 Å². The molecule has 172 valence electrons. The number of anilines is 2. The second-order valence-electron chi connectivity index (χ2n) is 7.74. The molecular weight excluding hydrogens is 440 g/mol. The monoisotopic (exact) mass is 466 g/mol. The number of allylic oxidation sites excluding steroid dienone is 3. The summed E-state index contributed by atoms with van der Waals surface area (Å²) in [4.78, 5) is 45.1. The van der Waals surface area contributed by atoms with Crippen LogP contribution < -0.4 is 26.2 Å². The van der Waals surface area contributed by atoms with Crippen LogP contribution in [-0.2, 0) is 4.79 Å². The highest BCUT2D eigenvalue weighted by Crippen LogP contribution is 2.44. The van der Waals surface area contributed by atoms with Gasteiger partial charge in [-0.25, -0.2) is 14.7 Å². The lowest BCUT2D eigenvalue weighted by molar-refractivity contribution is -0.117. The third-order valence-corrected chi connectivity index (χ3v) is 6.84. The Kier molecular flexibility index (Phi) is 6.45. The molecule has 0 bridgehead atoms. The fraction of sp³-hybridized carbons (Fsp3) is 0.304. The second kappa shape index (κ2) is 9.45. The normalized spacial score (nSPS) is 20.1. The SMILES string of the molecule is C=CC(=O)NC1CCCC1NC(=O)c1sc2nccc3c2c1NC(=O)N3/C(=C/C=C\C)NC. The lowest BCUT2D eigenvalue weighted by atomic mass is 10.1. The van der Waals surface area contributed by atoms with Gasteiger partial charge in [0, 0.05) is 25.3 Å². The van der Waals surface area contributed by atoms with E-state index in [-0.39, 0.29) is 29.9 Å². The van der Waals surface area contributed by atoms with Crippen molar-refractivity contribution in [2.45, 2.75) is 38.3 Å². The van der Waals surface area contributed by atoms with Crippen LogP contribution in [0.4, 0.5) is 16.2 Å². The summed E-state index contributed by atoms with van der Waals surface area (Å²) in [5.74, 6) is 0.0362. The predicted octanol–water partition coefficient (Wildman–Crippen LogP) is 3.24. The lowest BCUT2D eigenvalue weighted by Crippen LogP contribution is -2.48. The number of thiophene rings is 1. The molecule has 1 aliphatic carbocycles. The summed E-state index contributed by atoms with van der Waals surface area (Å²) in [7, 11) is 1.74. The van der Waals surface area contributed by atoms with Crippen LogP contribution in [0.1, 0.15) is 35.9 Å². The number of hydrogen-bond donors (Lipinski definition) is 4. The number of pyridine rings is 1. The van der Waals surface area contributed by atoms with Gasteiger partial charge in [-0.05, 0) is 44.4 Å². The van der Waals surface area contributed by atoms with E-state index in [2.05, 4.69) is 32.8 Å². The van der Waals surface area contributed by atoms with Gasteiger partial charge in [0.05, 0.1) is 16.8 Å². The number of urea groups is 1. The van der Waals surface area contributed by atoms with Gasteiger partial charge in [0.25, 0.3) is 5.91 Å². The smallest absolute Gasteiger partial charge is 0.332 e. The second-order valence-corrected chi connectivity index (χ2v) is 8.74. The fourth-order valence-corrected chi connectivity index (χ4v) is 5.24. The van der Waals surface area contributed by atoms with Gasteiger partial charge in [-0.3, -0.25) is 9.59 Å². The van der Waals surface area contributed by atoms with E-state index in [1.165, 1.54) is 22.3 Å². The third kappa shape index (κ3) is 4.21. The van der Waals surface area contributed by atoms with Crippen LogP contribution in [0.2, 0.25) is 0 Å². The minimum Gasteiger partial charge on any atom is -0.374 e. The van der Waals surface area contributed by atoms with Crippen LogP contribution in [0.25, 0.3) is 10.2 Å². The van der Waals surface area contributed by atoms with Gasteiger partial charge in [-0.2, -0.15) is 0 Å². The van der Waals surface area contributed by atoms with E-state index in [9.17, 15) is 14.4 Å². The van der Waals surface area contributed by atoms with E-state index >= 15 is 0 Å². The number of rotatable bonds is 7. The quantitative estimate of drug-likeness (QED) is 0.369. The minimum absolute atomic E-state index is 0.154. The van der Waals surface area contributed by atoms with Crippen LogP contribution in [-0.4, -0.2) is 42.0 Å². The van der Waals surface area contributed by atoms with Crippen molar-refractivity contribution in [1.82, 2.24) is 20.9 Å². The highest BCUT2D eigenvalue weighted by molar-refractivity contribution is 7.21. The zero-order valence-electron chi connectivity index (χ0n) is 18.5. The third-order valence-electron chi connectivity index (χ3n) is 5.74. The van der Waals surface area contributed by atoms with Gasteiger partial charge in [0.1, 0.15) is 15.5 Å². The van der Waals surface area contributed by atoms with Crippen molar-refractivity contribution in [2.75, 3.05) is 17.3 Å². The van der Waals surface area contributed by atoms with Gasteiger partial charge in [-0.1, -0.05) is 18.7 Å². The molecule has 2 aromatic heterocycles. The largest absolute Gasteiger partial charge is 0.374 e. The molecule has 2 unspecified atom stereocenters. The summed E-state index contributed by atoms with van der Waals surface area (Å²) < 4.78 is 0. The molecule has 2 atom stereocenters. The average molecular weight is 467 g/mol. The first-order chi connectivity index (χ1) is 16.0. The van der Waals surface area contributed by atoms with Crippen molar-refractivity contribution in [1.29, 1.82) is 0 Å². The molecule has 2 aromatic rings. The Morgan fingerprint density at radius 1 is 1.30 bits per heavy atom. The highest BCUT2D eigenvalue weighted by Gasteiger charge is 2.35. The first-order valence-corrected chi connectivity index (χ1v) is 11.6. The summed E-state index contributed by atoms with van der Waals surface area (Å²) in [6.45, 7) is 5.38. The molecule has 10 heteroatoms. The molecule has 1 fully saturated rings. The summed E-state index contributed by atoms with van der Waals surface area (Å²) in [6.07, 6.45) is 10.8. The molecule has 4 N–H and O–H groups in total. The summed E-state index contributed by atoms with van der Waals surface area (Å²) in [5, 5.41) is 12.6. The highest BCUT2D eigenvalue weighted by atomic mass is 32.1. The predicted molar refractivity (Wildman–Crippen MR) is 130 cm³/mol. The van der Waals surface area contributed by atoms with Crippen LogP contribution in [0.15, 0.2) is 49.0 Å². The van der Waals surface area contributed by atoms with E-state index in [1.807, 2.05) is 19.1 Å². The van der Waals surface area contributed by atoms with E-state index in [1.54, 1.807) is 25.4 Å². The van der Waals surface area contributed by atoms with E-state index in [4.69, 9.17) is 0 Å². The van der Waals surface area contributed by atoms with Gasteiger partial charge >= 0.3 is 6.03 Å². The Bertz CT molecular complexity index is 1180. The molecule has 4 rings (SSSR count). The molecule has 0 aromatic carbocycles. The number of carbonyl (C=O) groups is 3. The van der Waals surface area contributed by atoms with Crippen LogP contribution >= 0.6 is 11.3 Å². The van der Waals surface area contributed by atoms with Crippen LogP contribution in [0, 0.1) is 0 Å². The topological polar surface area (TPSA) is 115 Å². The molecule has 0 spiro atoms. The van der Waals surface area contributed by atoms with Crippen molar-refractivity contribution >= 4 is 50.8 Å². The molecule has 3 heterocycles. The Balaban J connectivity index is 1.68. The molecular formula is C23H26N6O3S. The number of nitrogens with one attached hydrogen (secondary N) is 4. The fourth-order valence-electron chi connectivity index (χ4n) is 4.22. The van der Waals surface area contributed by atoms with E-state index < -0.39 is 0 Å². The zero-order valence-corrected chi connectivity index (χ0v) is 19.3. The van der Waals surface area contributed by atoms with Crippen molar-refractivity contribution < 1.29 is 14.4 Å². The molecule has 1 saturated carbocycles. The molecule has 2 aliphatic rings. The molecule has 33 heavy (non-hydrogen) atoms. The van der Waals surface area contributed by atoms with Crippen molar-refractivity contribution in [3.05, 3.63) is 53.8 Å². The average Bonchev–Trinajstić information content (AvgIpc) is 3.40. The van der Waals surface area contributed by atoms with E-state index in [0.29, 0.717) is 26.9 Å². The zero-order chi connectivity index (χ0) is 23.5. The Hall–Kier alpha value is -3.66. The van der Waals surface area contributed by atoms with Crippen LogP contribution in [0.5, 0.6) is 0 Å². The molecule has 1 aliphatic heterocycles. The maximum Gasteiger partial charge on any atom is 0.332 e. The number of amides is 4. The van der Waals surface area contributed by atoms with Crippen molar-refractivity contribution in [3.63, 3.8) is 0 Å². The molecule has 4 amide bonds. The maximum atomic E-state index is 13.2. The van der Waals surface area contributed by atoms with Gasteiger partial charge in [-0.15, -0.1) is 11.3 Å². The first-order valence-electron chi connectivity index (χ1n) is 10.8. The summed E-state index contributed by atoms with van der Waals surface area (Å²) in [6, 6.07) is 1.04. The molecule has 9 nitrogen and oxygen atoms in total. The van der Waals surface area contributed by atoms with Crippen molar-refractivity contribution in [2.24, 2.45) is 0 Å². The number of carbonyl (C=O) groups excluding carboxylic acids is 3. The Labute approximate surface area is 195 Å². The number of nitrogens with zero attached hydrogens (tertiary/aromatic N) is 2. The standard InChI is InChI=1S/C23H26N6O3S/c1-4-6-10-16(24-3)29-15-11-12-25-22-18(15)19(28-23(29)32)20(33-22)21(31)27-14-9-7-8-13(14)26-17(30)5-2/h4-6,10-14,24H,2,7-9H2,1,3H3,(H,26,30)(H,27,31)(H,28,32)/b6-4-,16-10+. The summed E-state index contributed by atoms with van der Waals surface area (Å²) >= 11 is 1.23. The van der Waals surface area contributed by atoms with Gasteiger partial charge < -0.3 is 21.3 Å². The molecule has 0 radical (unpaired) electrons. The van der Waals surface area contributed by atoms with Crippen LogP contribution in [0.3, 0.4) is 0 Å². The maximum absolute atomic E-state index is 13.2. The number of hydrogen-bond acceptors (Lipinski definition) is 6. The Morgan fingerprint density at radius 2 is 2.06 bits per heavy atom. The molecule has 0 saturated heterocycles. The Morgan fingerprint density at radius 3 is 2.76 bits per heavy atom. The minimum atomic E-state index is -0.371. The number of aromatic nitrogens is 1. The van der Waals surface area contributed by atoms with Crippen molar-refractivity contribution in [3.8, 4) is 0 Å². The lowest BCUT2D eigenvalue weighted by Gasteiger charge is -2.30. The first kappa shape index (κ1) is 22.5.